The summed E-state index contributed by atoms with van der Waals surface area (Å²) in [5.41, 5.74) is 3.34. The molecule has 2 nitrogen and oxygen atoms in total. The van der Waals surface area contributed by atoms with Gasteiger partial charge in [0.25, 0.3) is 0 Å². The summed E-state index contributed by atoms with van der Waals surface area (Å²) in [4.78, 5) is 5.81. The molecule has 0 spiro atoms. The minimum atomic E-state index is 0.495. The maximum Gasteiger partial charge on any atom is 0.0790 e. The molecule has 0 aromatic carbocycles. The zero-order chi connectivity index (χ0) is 10.7. The highest BCUT2D eigenvalue weighted by Gasteiger charge is 2.28. The normalized spacial score (nSPS) is 38.4. The van der Waals surface area contributed by atoms with E-state index in [2.05, 4.69) is 19.3 Å². The van der Waals surface area contributed by atoms with Gasteiger partial charge < -0.3 is 0 Å². The zero-order valence-electron chi connectivity index (χ0n) is 10.2. The molecule has 2 rings (SSSR count). The first-order chi connectivity index (χ1) is 7.27. The summed E-state index contributed by atoms with van der Waals surface area (Å²) in [6, 6.07) is 0.592. The molecular weight excluding hydrogens is 186 g/mol. The van der Waals surface area contributed by atoms with Gasteiger partial charge in [-0.25, -0.2) is 0 Å². The van der Waals surface area contributed by atoms with Crippen LogP contribution in [0.15, 0.2) is 0 Å². The highest BCUT2D eigenvalue weighted by molar-refractivity contribution is 4.80. The van der Waals surface area contributed by atoms with Crippen molar-refractivity contribution in [3.05, 3.63) is 0 Å². The Labute approximate surface area is 93.7 Å². The summed E-state index contributed by atoms with van der Waals surface area (Å²) >= 11 is 0. The van der Waals surface area contributed by atoms with Crippen LogP contribution in [0.25, 0.3) is 0 Å². The van der Waals surface area contributed by atoms with Crippen molar-refractivity contribution < 1.29 is 4.84 Å². The Morgan fingerprint density at radius 2 is 1.67 bits per heavy atom. The van der Waals surface area contributed by atoms with Crippen LogP contribution in [0.2, 0.25) is 0 Å². The van der Waals surface area contributed by atoms with Gasteiger partial charge in [-0.3, -0.25) is 4.84 Å². The average Bonchev–Trinajstić information content (AvgIpc) is 2.73. The molecule has 0 aromatic heterocycles. The van der Waals surface area contributed by atoms with Crippen LogP contribution in [0.1, 0.15) is 58.8 Å². The fourth-order valence-corrected chi connectivity index (χ4v) is 2.94. The molecular formula is C13H25NO. The number of hydroxylamine groups is 1. The second-order valence-corrected chi connectivity index (χ2v) is 5.52. The Hall–Kier alpha value is -0.0800. The molecule has 0 saturated heterocycles. The Morgan fingerprint density at radius 1 is 0.933 bits per heavy atom. The van der Waals surface area contributed by atoms with Crippen molar-refractivity contribution in [3.63, 3.8) is 0 Å². The largest absolute Gasteiger partial charge is 0.298 e. The monoisotopic (exact) mass is 211 g/mol. The van der Waals surface area contributed by atoms with Gasteiger partial charge in [-0.05, 0) is 31.1 Å². The summed E-state index contributed by atoms with van der Waals surface area (Å²) in [5, 5.41) is 0. The van der Waals surface area contributed by atoms with E-state index in [0.29, 0.717) is 12.1 Å². The van der Waals surface area contributed by atoms with E-state index in [4.69, 9.17) is 4.84 Å². The van der Waals surface area contributed by atoms with Crippen molar-refractivity contribution in [2.24, 2.45) is 11.8 Å². The van der Waals surface area contributed by atoms with Crippen molar-refractivity contribution in [2.75, 3.05) is 0 Å². The number of nitrogens with one attached hydrogen (secondary N) is 1. The summed E-state index contributed by atoms with van der Waals surface area (Å²) in [7, 11) is 0. The molecule has 2 fully saturated rings. The molecule has 2 saturated carbocycles. The molecule has 1 N–H and O–H groups in total. The lowest BCUT2D eigenvalue weighted by Gasteiger charge is -2.34. The lowest BCUT2D eigenvalue weighted by molar-refractivity contribution is -0.0611. The summed E-state index contributed by atoms with van der Waals surface area (Å²) in [5.74, 6) is 1.61. The van der Waals surface area contributed by atoms with Gasteiger partial charge in [-0.2, -0.15) is 5.48 Å². The number of rotatable bonds is 3. The molecule has 3 atom stereocenters. The second kappa shape index (κ2) is 5.31. The average molecular weight is 211 g/mol. The second-order valence-electron chi connectivity index (χ2n) is 5.52. The SMILES string of the molecule is CC1CCCC(NOC2CCCC2)C1C. The van der Waals surface area contributed by atoms with Crippen LogP contribution in [-0.4, -0.2) is 12.1 Å². The molecule has 2 aliphatic rings. The van der Waals surface area contributed by atoms with Crippen LogP contribution in [0, 0.1) is 11.8 Å². The van der Waals surface area contributed by atoms with E-state index in [-0.39, 0.29) is 0 Å². The van der Waals surface area contributed by atoms with Gasteiger partial charge in [0.2, 0.25) is 0 Å². The quantitative estimate of drug-likeness (QED) is 0.723. The van der Waals surface area contributed by atoms with E-state index >= 15 is 0 Å². The highest BCUT2D eigenvalue weighted by Crippen LogP contribution is 2.30. The molecule has 0 amide bonds. The third-order valence-electron chi connectivity index (χ3n) is 4.40. The van der Waals surface area contributed by atoms with Crippen LogP contribution >= 0.6 is 0 Å². The zero-order valence-corrected chi connectivity index (χ0v) is 10.2. The topological polar surface area (TPSA) is 21.3 Å². The smallest absolute Gasteiger partial charge is 0.0790 e. The highest BCUT2D eigenvalue weighted by atomic mass is 16.7. The molecule has 0 radical (unpaired) electrons. The number of hydrogen-bond donors (Lipinski definition) is 1. The maximum atomic E-state index is 5.81. The van der Waals surface area contributed by atoms with Crippen molar-refractivity contribution in [1.82, 2.24) is 5.48 Å². The lowest BCUT2D eigenvalue weighted by Crippen LogP contribution is -2.42. The van der Waals surface area contributed by atoms with E-state index in [9.17, 15) is 0 Å². The van der Waals surface area contributed by atoms with Crippen LogP contribution < -0.4 is 5.48 Å². The first-order valence-corrected chi connectivity index (χ1v) is 6.68. The van der Waals surface area contributed by atoms with E-state index in [1.165, 1.54) is 44.9 Å². The molecule has 0 aliphatic heterocycles. The maximum absolute atomic E-state index is 5.81. The summed E-state index contributed by atoms with van der Waals surface area (Å²) in [6.07, 6.45) is 9.74. The van der Waals surface area contributed by atoms with Crippen LogP contribution in [0.3, 0.4) is 0 Å². The fraction of sp³-hybridized carbons (Fsp3) is 1.00. The first-order valence-electron chi connectivity index (χ1n) is 6.68. The minimum absolute atomic E-state index is 0.495. The first kappa shape index (κ1) is 11.4. The van der Waals surface area contributed by atoms with Gasteiger partial charge in [0.05, 0.1) is 6.10 Å². The Morgan fingerprint density at radius 3 is 2.40 bits per heavy atom. The minimum Gasteiger partial charge on any atom is -0.298 e. The van der Waals surface area contributed by atoms with Crippen molar-refractivity contribution in [1.29, 1.82) is 0 Å². The lowest BCUT2D eigenvalue weighted by atomic mass is 9.78. The molecule has 3 unspecified atom stereocenters. The molecule has 15 heavy (non-hydrogen) atoms. The van der Waals surface area contributed by atoms with E-state index in [0.717, 1.165) is 11.8 Å². The molecule has 0 aromatic rings. The van der Waals surface area contributed by atoms with Gasteiger partial charge >= 0.3 is 0 Å². The molecule has 0 heterocycles. The molecule has 2 aliphatic carbocycles. The fourth-order valence-electron chi connectivity index (χ4n) is 2.94. The van der Waals surface area contributed by atoms with Crippen molar-refractivity contribution in [3.8, 4) is 0 Å². The van der Waals surface area contributed by atoms with Gasteiger partial charge in [0, 0.05) is 6.04 Å². The third-order valence-corrected chi connectivity index (χ3v) is 4.40. The van der Waals surface area contributed by atoms with Crippen molar-refractivity contribution in [2.45, 2.75) is 70.9 Å². The number of hydrogen-bond acceptors (Lipinski definition) is 2. The molecule has 0 bridgehead atoms. The predicted molar refractivity (Wildman–Crippen MR) is 62.4 cm³/mol. The predicted octanol–water partition coefficient (Wildman–Crippen LogP) is 3.27. The van der Waals surface area contributed by atoms with Gasteiger partial charge in [0.1, 0.15) is 0 Å². The third kappa shape index (κ3) is 2.94. The summed E-state index contributed by atoms with van der Waals surface area (Å²) in [6.45, 7) is 4.73. The van der Waals surface area contributed by atoms with E-state index in [1.54, 1.807) is 0 Å². The van der Waals surface area contributed by atoms with Crippen LogP contribution in [0.4, 0.5) is 0 Å². The van der Waals surface area contributed by atoms with Crippen molar-refractivity contribution >= 4 is 0 Å². The van der Waals surface area contributed by atoms with Gasteiger partial charge in [0.15, 0.2) is 0 Å². The standard InChI is InChI=1S/C13H25NO/c1-10-6-5-9-13(11(10)2)14-15-12-7-3-4-8-12/h10-14H,3-9H2,1-2H3. The van der Waals surface area contributed by atoms with Gasteiger partial charge in [-0.1, -0.05) is 39.5 Å². The van der Waals surface area contributed by atoms with E-state index in [1.807, 2.05) is 0 Å². The van der Waals surface area contributed by atoms with Crippen LogP contribution in [0.5, 0.6) is 0 Å². The van der Waals surface area contributed by atoms with E-state index < -0.39 is 0 Å². The Balaban J connectivity index is 1.72. The molecule has 2 heteroatoms. The molecule has 88 valence electrons. The van der Waals surface area contributed by atoms with Gasteiger partial charge in [-0.15, -0.1) is 0 Å². The Bertz CT molecular complexity index is 189. The Kier molecular flexibility index (Phi) is 4.04. The summed E-state index contributed by atoms with van der Waals surface area (Å²) < 4.78 is 0. The van der Waals surface area contributed by atoms with Crippen LogP contribution in [-0.2, 0) is 4.84 Å².